The maximum Gasteiger partial charge on any atom is 0.317 e. The van der Waals surface area contributed by atoms with Crippen molar-refractivity contribution < 1.29 is 14.7 Å². The Kier molecular flexibility index (Phi) is 5.79. The summed E-state index contributed by atoms with van der Waals surface area (Å²) in [4.78, 5) is 30.0. The molecule has 1 aromatic rings. The van der Waals surface area contributed by atoms with E-state index in [1.54, 1.807) is 11.3 Å². The van der Waals surface area contributed by atoms with Gasteiger partial charge in [-0.3, -0.25) is 14.5 Å². The third-order valence-electron chi connectivity index (χ3n) is 5.53. The van der Waals surface area contributed by atoms with Crippen LogP contribution in [-0.2, 0) is 17.6 Å². The van der Waals surface area contributed by atoms with Gasteiger partial charge < -0.3 is 10.0 Å². The molecule has 0 radical (unpaired) electrons. The topological polar surface area (TPSA) is 60.9 Å². The molecule has 5 nitrogen and oxygen atoms in total. The van der Waals surface area contributed by atoms with Gasteiger partial charge in [-0.15, -0.1) is 11.3 Å². The van der Waals surface area contributed by atoms with Crippen LogP contribution in [0.1, 0.15) is 52.7 Å². The lowest BCUT2D eigenvalue weighted by atomic mass is 9.90. The van der Waals surface area contributed by atoms with Gasteiger partial charge in [0.2, 0.25) is 0 Å². The number of hydrogen-bond acceptors (Lipinski definition) is 4. The summed E-state index contributed by atoms with van der Waals surface area (Å²) in [7, 11) is 1.87. The monoisotopic (exact) mass is 364 g/mol. The largest absolute Gasteiger partial charge is 0.480 e. The predicted molar refractivity (Wildman–Crippen MR) is 99.3 cm³/mol. The van der Waals surface area contributed by atoms with Gasteiger partial charge in [0.05, 0.1) is 11.4 Å². The highest BCUT2D eigenvalue weighted by Gasteiger charge is 2.27. The van der Waals surface area contributed by atoms with Crippen LogP contribution in [0.4, 0.5) is 0 Å². The lowest BCUT2D eigenvalue weighted by molar-refractivity contribution is -0.138. The lowest BCUT2D eigenvalue weighted by Crippen LogP contribution is -2.37. The van der Waals surface area contributed by atoms with Crippen LogP contribution in [0.5, 0.6) is 0 Å². The zero-order valence-corrected chi connectivity index (χ0v) is 16.0. The number of aliphatic carboxylic acids is 1. The number of carboxylic acid groups (broad SMARTS) is 1. The second kappa shape index (κ2) is 7.87. The second-order valence-corrected chi connectivity index (χ2v) is 8.73. The van der Waals surface area contributed by atoms with Crippen molar-refractivity contribution in [1.29, 1.82) is 0 Å². The summed E-state index contributed by atoms with van der Waals surface area (Å²) in [6.45, 7) is 3.83. The SMILES string of the molecule is CC1CCc2sc(C(=O)N3CCCC(N(C)CC(=O)O)CC3)cc2C1. The Hall–Kier alpha value is -1.40. The fourth-order valence-electron chi connectivity index (χ4n) is 4.03. The lowest BCUT2D eigenvalue weighted by Gasteiger charge is -2.25. The van der Waals surface area contributed by atoms with E-state index in [-0.39, 0.29) is 18.5 Å². The minimum atomic E-state index is -0.793. The molecule has 1 amide bonds. The first-order chi connectivity index (χ1) is 11.9. The van der Waals surface area contributed by atoms with E-state index in [2.05, 4.69) is 13.0 Å². The molecule has 0 spiro atoms. The molecule has 2 atom stereocenters. The molecule has 0 aromatic carbocycles. The molecule has 0 saturated carbocycles. The molecular weight excluding hydrogens is 336 g/mol. The summed E-state index contributed by atoms with van der Waals surface area (Å²) >= 11 is 1.68. The first-order valence-corrected chi connectivity index (χ1v) is 10.1. The van der Waals surface area contributed by atoms with Crippen LogP contribution in [0.25, 0.3) is 0 Å². The zero-order chi connectivity index (χ0) is 18.0. The van der Waals surface area contributed by atoms with Crippen LogP contribution in [0, 0.1) is 5.92 Å². The van der Waals surface area contributed by atoms with E-state index in [9.17, 15) is 9.59 Å². The number of aryl methyl sites for hydroxylation is 1. The molecule has 2 aliphatic rings. The minimum Gasteiger partial charge on any atom is -0.480 e. The van der Waals surface area contributed by atoms with E-state index in [4.69, 9.17) is 5.11 Å². The van der Waals surface area contributed by atoms with Crippen LogP contribution in [0.2, 0.25) is 0 Å². The van der Waals surface area contributed by atoms with Crippen molar-refractivity contribution in [2.75, 3.05) is 26.7 Å². The van der Waals surface area contributed by atoms with Crippen molar-refractivity contribution in [3.05, 3.63) is 21.4 Å². The number of fused-ring (bicyclic) bond motifs is 1. The van der Waals surface area contributed by atoms with E-state index in [0.717, 1.165) is 43.5 Å². The van der Waals surface area contributed by atoms with Crippen LogP contribution >= 0.6 is 11.3 Å². The molecule has 1 aliphatic heterocycles. The van der Waals surface area contributed by atoms with Crippen LogP contribution in [-0.4, -0.2) is 59.5 Å². The molecule has 138 valence electrons. The Balaban J connectivity index is 1.62. The molecule has 1 N–H and O–H groups in total. The Bertz CT molecular complexity index is 643. The highest BCUT2D eigenvalue weighted by molar-refractivity contribution is 7.14. The highest BCUT2D eigenvalue weighted by Crippen LogP contribution is 2.33. The third-order valence-corrected chi connectivity index (χ3v) is 6.76. The fraction of sp³-hybridized carbons (Fsp3) is 0.684. The first kappa shape index (κ1) is 18.4. The number of amides is 1. The average molecular weight is 365 g/mol. The fourth-order valence-corrected chi connectivity index (χ4v) is 5.21. The number of likely N-dealkylation sites (N-methyl/N-ethyl adjacent to an activating group) is 1. The van der Waals surface area contributed by atoms with Gasteiger partial charge in [-0.2, -0.15) is 0 Å². The van der Waals surface area contributed by atoms with Gasteiger partial charge in [-0.25, -0.2) is 0 Å². The van der Waals surface area contributed by atoms with Gasteiger partial charge in [0.15, 0.2) is 0 Å². The third kappa shape index (κ3) is 4.42. The number of hydrogen-bond donors (Lipinski definition) is 1. The molecular formula is C19H28N2O3S. The Labute approximate surface area is 153 Å². The van der Waals surface area contributed by atoms with Gasteiger partial charge in [0.1, 0.15) is 0 Å². The molecule has 1 aromatic heterocycles. The number of carbonyl (C=O) groups excluding carboxylic acids is 1. The van der Waals surface area contributed by atoms with E-state index in [1.807, 2.05) is 16.8 Å². The van der Waals surface area contributed by atoms with Crippen molar-refractivity contribution in [1.82, 2.24) is 9.80 Å². The maximum atomic E-state index is 12.9. The summed E-state index contributed by atoms with van der Waals surface area (Å²) in [6.07, 6.45) is 6.16. The van der Waals surface area contributed by atoms with Gasteiger partial charge >= 0.3 is 5.97 Å². The van der Waals surface area contributed by atoms with Crippen LogP contribution in [0.15, 0.2) is 6.07 Å². The van der Waals surface area contributed by atoms with Crippen molar-refractivity contribution in [2.45, 2.75) is 51.5 Å². The molecule has 2 heterocycles. The molecule has 0 bridgehead atoms. The van der Waals surface area contributed by atoms with Gasteiger partial charge in [-0.05, 0) is 63.1 Å². The molecule has 3 rings (SSSR count). The number of likely N-dealkylation sites (tertiary alicyclic amines) is 1. The summed E-state index contributed by atoms with van der Waals surface area (Å²) in [5, 5.41) is 8.97. The predicted octanol–water partition coefficient (Wildman–Crippen LogP) is 2.88. The number of thiophene rings is 1. The standard InChI is InChI=1S/C19H28N2O3S/c1-13-5-6-16-14(10-13)11-17(25-16)19(24)21-8-3-4-15(7-9-21)20(2)12-18(22)23/h11,13,15H,3-10,12H2,1-2H3,(H,22,23). The van der Waals surface area contributed by atoms with Crippen molar-refractivity contribution in [3.63, 3.8) is 0 Å². The summed E-state index contributed by atoms with van der Waals surface area (Å²) in [6, 6.07) is 2.36. The minimum absolute atomic E-state index is 0.0639. The summed E-state index contributed by atoms with van der Waals surface area (Å²) < 4.78 is 0. The Morgan fingerprint density at radius 1 is 1.32 bits per heavy atom. The quantitative estimate of drug-likeness (QED) is 0.892. The first-order valence-electron chi connectivity index (χ1n) is 9.27. The normalized spacial score (nSPS) is 24.0. The number of carbonyl (C=O) groups is 2. The molecule has 1 fully saturated rings. The second-order valence-electron chi connectivity index (χ2n) is 7.59. The van der Waals surface area contributed by atoms with E-state index >= 15 is 0 Å². The molecule has 2 unspecified atom stereocenters. The Morgan fingerprint density at radius 3 is 2.88 bits per heavy atom. The van der Waals surface area contributed by atoms with Crippen molar-refractivity contribution in [3.8, 4) is 0 Å². The maximum absolute atomic E-state index is 12.9. The van der Waals surface area contributed by atoms with Crippen molar-refractivity contribution in [2.24, 2.45) is 5.92 Å². The van der Waals surface area contributed by atoms with Gasteiger partial charge in [0.25, 0.3) is 5.91 Å². The van der Waals surface area contributed by atoms with E-state index in [0.29, 0.717) is 12.5 Å². The summed E-state index contributed by atoms with van der Waals surface area (Å²) in [5.41, 5.74) is 1.38. The Morgan fingerprint density at radius 2 is 2.12 bits per heavy atom. The average Bonchev–Trinajstić information content (AvgIpc) is 2.81. The van der Waals surface area contributed by atoms with E-state index in [1.165, 1.54) is 16.9 Å². The van der Waals surface area contributed by atoms with Gasteiger partial charge in [0, 0.05) is 24.0 Å². The highest BCUT2D eigenvalue weighted by atomic mass is 32.1. The zero-order valence-electron chi connectivity index (χ0n) is 15.2. The van der Waals surface area contributed by atoms with Crippen LogP contribution in [0.3, 0.4) is 0 Å². The molecule has 6 heteroatoms. The smallest absolute Gasteiger partial charge is 0.317 e. The molecule has 1 aliphatic carbocycles. The number of rotatable bonds is 4. The number of nitrogens with zero attached hydrogens (tertiary/aromatic N) is 2. The van der Waals surface area contributed by atoms with E-state index < -0.39 is 5.97 Å². The van der Waals surface area contributed by atoms with Crippen molar-refractivity contribution >= 4 is 23.2 Å². The molecule has 25 heavy (non-hydrogen) atoms. The molecule has 1 saturated heterocycles. The van der Waals surface area contributed by atoms with Crippen LogP contribution < -0.4 is 0 Å². The number of carboxylic acids is 1. The summed E-state index contributed by atoms with van der Waals surface area (Å²) in [5.74, 6) is 0.0837. The van der Waals surface area contributed by atoms with Gasteiger partial charge in [-0.1, -0.05) is 6.92 Å².